The molecule has 2 N–H and O–H groups in total. The predicted octanol–water partition coefficient (Wildman–Crippen LogP) is 1.03. The van der Waals surface area contributed by atoms with Crippen LogP contribution in [0, 0.1) is 6.92 Å². The van der Waals surface area contributed by atoms with Gasteiger partial charge in [-0.25, -0.2) is 0 Å². The Kier molecular flexibility index (Phi) is 5.15. The van der Waals surface area contributed by atoms with Gasteiger partial charge in [0, 0.05) is 38.8 Å². The van der Waals surface area contributed by atoms with E-state index in [1.165, 1.54) is 5.56 Å². The van der Waals surface area contributed by atoms with Crippen LogP contribution in [-0.2, 0) is 11.2 Å². The van der Waals surface area contributed by atoms with Gasteiger partial charge in [0.25, 0.3) is 0 Å². The first kappa shape index (κ1) is 15.0. The van der Waals surface area contributed by atoms with Crippen molar-refractivity contribution < 1.29 is 4.79 Å². The Hall–Kier alpha value is -1.39. The number of hydrogen-bond donors (Lipinski definition) is 1. The molecule has 0 aromatic heterocycles. The van der Waals surface area contributed by atoms with E-state index < -0.39 is 0 Å². The number of nitrogens with two attached hydrogens (primary N) is 1. The lowest BCUT2D eigenvalue weighted by Gasteiger charge is -2.37. The summed E-state index contributed by atoms with van der Waals surface area (Å²) in [7, 11) is 0. The highest BCUT2D eigenvalue weighted by Gasteiger charge is 2.23. The van der Waals surface area contributed by atoms with Crippen LogP contribution in [-0.4, -0.2) is 54.5 Å². The van der Waals surface area contributed by atoms with Gasteiger partial charge in [0.15, 0.2) is 0 Å². The molecule has 0 radical (unpaired) electrons. The number of nitrogens with zero attached hydrogens (tertiary/aromatic N) is 2. The molecular weight excluding hydrogens is 250 g/mol. The number of rotatable bonds is 4. The van der Waals surface area contributed by atoms with E-state index in [1.54, 1.807) is 0 Å². The van der Waals surface area contributed by atoms with Gasteiger partial charge in [0.2, 0.25) is 5.91 Å². The lowest BCUT2D eigenvalue weighted by Crippen LogP contribution is -2.53. The predicted molar refractivity (Wildman–Crippen MR) is 81.6 cm³/mol. The number of piperazine rings is 1. The molecule has 4 heteroatoms. The van der Waals surface area contributed by atoms with Crippen LogP contribution >= 0.6 is 0 Å². The van der Waals surface area contributed by atoms with Gasteiger partial charge in [-0.1, -0.05) is 29.8 Å². The summed E-state index contributed by atoms with van der Waals surface area (Å²) in [6, 6.07) is 8.61. The average molecular weight is 275 g/mol. The molecule has 1 fully saturated rings. The zero-order valence-corrected chi connectivity index (χ0v) is 12.5. The molecule has 1 aliphatic rings. The van der Waals surface area contributed by atoms with Crippen molar-refractivity contribution in [1.29, 1.82) is 0 Å². The van der Waals surface area contributed by atoms with Crippen LogP contribution in [0.25, 0.3) is 0 Å². The van der Waals surface area contributed by atoms with Crippen LogP contribution in [0.3, 0.4) is 0 Å². The molecule has 0 aliphatic carbocycles. The van der Waals surface area contributed by atoms with Crippen molar-refractivity contribution in [3.05, 3.63) is 35.4 Å². The van der Waals surface area contributed by atoms with Gasteiger partial charge < -0.3 is 10.6 Å². The number of benzene rings is 1. The maximum absolute atomic E-state index is 12.3. The molecule has 1 atom stereocenters. The highest BCUT2D eigenvalue weighted by molar-refractivity contribution is 5.78. The number of aryl methyl sites for hydroxylation is 1. The molecule has 1 unspecified atom stereocenters. The van der Waals surface area contributed by atoms with Crippen molar-refractivity contribution in [3.8, 4) is 0 Å². The Labute approximate surface area is 121 Å². The van der Waals surface area contributed by atoms with Crippen molar-refractivity contribution in [1.82, 2.24) is 9.80 Å². The molecule has 110 valence electrons. The number of carbonyl (C=O) groups excluding carboxylic acids is 1. The van der Waals surface area contributed by atoms with Crippen LogP contribution < -0.4 is 5.73 Å². The Bertz CT molecular complexity index is 436. The van der Waals surface area contributed by atoms with Gasteiger partial charge in [-0.15, -0.1) is 0 Å². The smallest absolute Gasteiger partial charge is 0.227 e. The Morgan fingerprint density at radius 2 is 1.80 bits per heavy atom. The molecule has 0 bridgehead atoms. The minimum Gasteiger partial charge on any atom is -0.340 e. The Morgan fingerprint density at radius 3 is 2.35 bits per heavy atom. The monoisotopic (exact) mass is 275 g/mol. The van der Waals surface area contributed by atoms with Gasteiger partial charge in [-0.05, 0) is 19.4 Å². The van der Waals surface area contributed by atoms with Crippen molar-refractivity contribution in [2.75, 3.05) is 32.7 Å². The summed E-state index contributed by atoms with van der Waals surface area (Å²) in [4.78, 5) is 16.6. The zero-order valence-electron chi connectivity index (χ0n) is 12.5. The van der Waals surface area contributed by atoms with Crippen LogP contribution in [0.4, 0.5) is 0 Å². The second kappa shape index (κ2) is 6.86. The summed E-state index contributed by atoms with van der Waals surface area (Å²) in [5.41, 5.74) is 8.01. The molecular formula is C16H25N3O. The molecule has 4 nitrogen and oxygen atoms in total. The third-order valence-electron chi connectivity index (χ3n) is 4.11. The van der Waals surface area contributed by atoms with Crippen LogP contribution in [0.15, 0.2) is 24.3 Å². The lowest BCUT2D eigenvalue weighted by molar-refractivity contribution is -0.132. The molecule has 1 saturated heterocycles. The van der Waals surface area contributed by atoms with E-state index in [9.17, 15) is 4.79 Å². The van der Waals surface area contributed by atoms with Crippen molar-refractivity contribution >= 4 is 5.91 Å². The molecule has 20 heavy (non-hydrogen) atoms. The fraction of sp³-hybridized carbons (Fsp3) is 0.562. The summed E-state index contributed by atoms with van der Waals surface area (Å²) in [6.07, 6.45) is 0.507. The minimum absolute atomic E-state index is 0.230. The minimum atomic E-state index is 0.230. The van der Waals surface area contributed by atoms with E-state index in [0.717, 1.165) is 31.7 Å². The second-order valence-corrected chi connectivity index (χ2v) is 5.66. The lowest BCUT2D eigenvalue weighted by atomic mass is 10.1. The first-order chi connectivity index (χ1) is 9.60. The zero-order chi connectivity index (χ0) is 14.5. The van der Waals surface area contributed by atoms with E-state index in [-0.39, 0.29) is 5.91 Å². The molecule has 1 aromatic carbocycles. The summed E-state index contributed by atoms with van der Waals surface area (Å²) in [5, 5.41) is 0. The third kappa shape index (κ3) is 3.81. The fourth-order valence-corrected chi connectivity index (χ4v) is 2.55. The number of carbonyl (C=O) groups is 1. The molecule has 1 heterocycles. The molecule has 2 rings (SSSR count). The quantitative estimate of drug-likeness (QED) is 0.893. The van der Waals surface area contributed by atoms with Crippen LogP contribution in [0.1, 0.15) is 18.1 Å². The molecule has 0 spiro atoms. The van der Waals surface area contributed by atoms with Crippen molar-refractivity contribution in [2.45, 2.75) is 26.3 Å². The highest BCUT2D eigenvalue weighted by Crippen LogP contribution is 2.09. The standard InChI is InChI=1S/C16H25N3O/c1-13-3-5-15(6-4-13)11-16(20)19-9-7-18(8-10-19)14(2)12-17/h3-6,14H,7-12,17H2,1-2H3. The van der Waals surface area contributed by atoms with Gasteiger partial charge in [0.05, 0.1) is 6.42 Å². The Balaban J connectivity index is 1.84. The summed E-state index contributed by atoms with van der Waals surface area (Å²) in [5.74, 6) is 0.230. The van der Waals surface area contributed by atoms with E-state index in [2.05, 4.69) is 30.9 Å². The normalized spacial score (nSPS) is 18.1. The fourth-order valence-electron chi connectivity index (χ4n) is 2.55. The molecule has 1 aromatic rings. The van der Waals surface area contributed by atoms with Crippen molar-refractivity contribution in [2.24, 2.45) is 5.73 Å². The Morgan fingerprint density at radius 1 is 1.20 bits per heavy atom. The van der Waals surface area contributed by atoms with Crippen LogP contribution in [0.5, 0.6) is 0 Å². The van der Waals surface area contributed by atoms with E-state index in [4.69, 9.17) is 5.73 Å². The SMILES string of the molecule is Cc1ccc(CC(=O)N2CCN(C(C)CN)CC2)cc1. The number of hydrogen-bond acceptors (Lipinski definition) is 3. The largest absolute Gasteiger partial charge is 0.340 e. The average Bonchev–Trinajstić information content (AvgIpc) is 2.49. The third-order valence-corrected chi connectivity index (χ3v) is 4.11. The maximum Gasteiger partial charge on any atom is 0.227 e. The molecule has 1 aliphatic heterocycles. The number of amides is 1. The molecule has 1 amide bonds. The van der Waals surface area contributed by atoms with Crippen molar-refractivity contribution in [3.63, 3.8) is 0 Å². The van der Waals surface area contributed by atoms with Crippen LogP contribution in [0.2, 0.25) is 0 Å². The van der Waals surface area contributed by atoms with Gasteiger partial charge in [-0.3, -0.25) is 9.69 Å². The van der Waals surface area contributed by atoms with Gasteiger partial charge >= 0.3 is 0 Å². The van der Waals surface area contributed by atoms with E-state index in [1.807, 2.05) is 17.0 Å². The summed E-state index contributed by atoms with van der Waals surface area (Å²) in [6.45, 7) is 8.37. The highest BCUT2D eigenvalue weighted by atomic mass is 16.2. The second-order valence-electron chi connectivity index (χ2n) is 5.66. The van der Waals surface area contributed by atoms with E-state index >= 15 is 0 Å². The summed E-state index contributed by atoms with van der Waals surface area (Å²) >= 11 is 0. The van der Waals surface area contributed by atoms with Gasteiger partial charge in [-0.2, -0.15) is 0 Å². The van der Waals surface area contributed by atoms with Gasteiger partial charge in [0.1, 0.15) is 0 Å². The van der Waals surface area contributed by atoms with E-state index in [0.29, 0.717) is 19.0 Å². The maximum atomic E-state index is 12.3. The first-order valence-electron chi connectivity index (χ1n) is 7.37. The summed E-state index contributed by atoms with van der Waals surface area (Å²) < 4.78 is 0. The molecule has 0 saturated carbocycles. The topological polar surface area (TPSA) is 49.6 Å². The first-order valence-corrected chi connectivity index (χ1v) is 7.37.